The van der Waals surface area contributed by atoms with Gasteiger partial charge in [0.1, 0.15) is 0 Å². The lowest BCUT2D eigenvalue weighted by Gasteiger charge is -2.34. The van der Waals surface area contributed by atoms with Crippen molar-refractivity contribution in [2.24, 2.45) is 0 Å². The molecule has 114 valence electrons. The van der Waals surface area contributed by atoms with Gasteiger partial charge in [-0.05, 0) is 38.9 Å². The van der Waals surface area contributed by atoms with Crippen LogP contribution in [0, 0.1) is 0 Å². The lowest BCUT2D eigenvalue weighted by molar-refractivity contribution is -0.137. The molecule has 7 heteroatoms. The van der Waals surface area contributed by atoms with Crippen LogP contribution in [0.4, 0.5) is 13.2 Å². The van der Waals surface area contributed by atoms with E-state index in [4.69, 9.17) is 0 Å². The summed E-state index contributed by atoms with van der Waals surface area (Å²) in [6.07, 6.45) is 0.176. The van der Waals surface area contributed by atoms with Crippen molar-refractivity contribution in [2.75, 3.05) is 19.6 Å². The molecule has 0 unspecified atom stereocenters. The summed E-state index contributed by atoms with van der Waals surface area (Å²) < 4.78 is 37.7. The quantitative estimate of drug-likeness (QED) is 0.906. The summed E-state index contributed by atoms with van der Waals surface area (Å²) in [5.41, 5.74) is 0. The molecule has 0 atom stereocenters. The van der Waals surface area contributed by atoms with Crippen molar-refractivity contribution in [1.82, 2.24) is 15.2 Å². The van der Waals surface area contributed by atoms with Crippen molar-refractivity contribution >= 4 is 11.3 Å². The van der Waals surface area contributed by atoms with E-state index in [0.29, 0.717) is 17.5 Å². The molecule has 1 aliphatic heterocycles. The molecule has 0 aromatic carbocycles. The summed E-state index contributed by atoms with van der Waals surface area (Å²) in [6.45, 7) is 5.57. The monoisotopic (exact) mass is 307 g/mol. The largest absolute Gasteiger partial charge is 0.443 e. The summed E-state index contributed by atoms with van der Waals surface area (Å²) in [4.78, 5) is 6.50. The molecule has 1 aliphatic rings. The Morgan fingerprint density at radius 1 is 1.40 bits per heavy atom. The Kier molecular flexibility index (Phi) is 5.40. The van der Waals surface area contributed by atoms with Crippen molar-refractivity contribution in [3.8, 4) is 0 Å². The topological polar surface area (TPSA) is 28.2 Å². The average Bonchev–Trinajstić information content (AvgIpc) is 2.88. The number of nitrogens with one attached hydrogen (secondary N) is 1. The van der Waals surface area contributed by atoms with Crippen molar-refractivity contribution in [1.29, 1.82) is 0 Å². The van der Waals surface area contributed by atoms with Crippen molar-refractivity contribution in [3.63, 3.8) is 0 Å². The zero-order valence-electron chi connectivity index (χ0n) is 11.5. The zero-order valence-corrected chi connectivity index (χ0v) is 12.4. The minimum Gasteiger partial charge on any atom is -0.317 e. The molecule has 1 fully saturated rings. The van der Waals surface area contributed by atoms with Gasteiger partial charge in [-0.15, -0.1) is 11.3 Å². The molecule has 2 rings (SSSR count). The van der Waals surface area contributed by atoms with Gasteiger partial charge < -0.3 is 5.32 Å². The van der Waals surface area contributed by atoms with E-state index in [1.807, 2.05) is 0 Å². The van der Waals surface area contributed by atoms with Crippen molar-refractivity contribution in [2.45, 2.75) is 44.9 Å². The predicted octanol–water partition coefficient (Wildman–Crippen LogP) is 3.13. The third kappa shape index (κ3) is 4.17. The summed E-state index contributed by atoms with van der Waals surface area (Å²) in [5, 5.41) is 2.57. The highest BCUT2D eigenvalue weighted by atomic mass is 32.1. The lowest BCUT2D eigenvalue weighted by atomic mass is 10.0. The SMILES string of the molecule is CCCN(Cc1cnc(C(F)(F)F)s1)C1CCNCC1. The van der Waals surface area contributed by atoms with Crippen molar-refractivity contribution in [3.05, 3.63) is 16.1 Å². The molecule has 1 N–H and O–H groups in total. The van der Waals surface area contributed by atoms with Crippen LogP contribution in [0.2, 0.25) is 0 Å². The minimum absolute atomic E-state index is 0.465. The first-order chi connectivity index (χ1) is 9.50. The number of nitrogens with zero attached hydrogens (tertiary/aromatic N) is 2. The summed E-state index contributed by atoms with van der Waals surface area (Å²) in [6, 6.07) is 0.465. The first-order valence-electron chi connectivity index (χ1n) is 6.97. The molecule has 2 heterocycles. The number of rotatable bonds is 5. The lowest BCUT2D eigenvalue weighted by Crippen LogP contribution is -2.42. The Labute approximate surface area is 121 Å². The van der Waals surface area contributed by atoms with Gasteiger partial charge in [0, 0.05) is 23.7 Å². The Morgan fingerprint density at radius 3 is 2.65 bits per heavy atom. The van der Waals surface area contributed by atoms with E-state index in [2.05, 4.69) is 22.1 Å². The smallest absolute Gasteiger partial charge is 0.317 e. The van der Waals surface area contributed by atoms with Gasteiger partial charge in [-0.25, -0.2) is 4.98 Å². The molecule has 1 aromatic heterocycles. The van der Waals surface area contributed by atoms with Gasteiger partial charge in [0.25, 0.3) is 0 Å². The van der Waals surface area contributed by atoms with E-state index in [1.54, 1.807) is 0 Å². The maximum atomic E-state index is 12.6. The van der Waals surface area contributed by atoms with Gasteiger partial charge in [0.15, 0.2) is 5.01 Å². The number of aromatic nitrogens is 1. The van der Waals surface area contributed by atoms with Gasteiger partial charge in [-0.1, -0.05) is 6.92 Å². The average molecular weight is 307 g/mol. The van der Waals surface area contributed by atoms with Gasteiger partial charge in [0.05, 0.1) is 0 Å². The summed E-state index contributed by atoms with van der Waals surface area (Å²) >= 11 is 0.765. The fraction of sp³-hybridized carbons (Fsp3) is 0.769. The number of hydrogen-bond donors (Lipinski definition) is 1. The fourth-order valence-corrected chi connectivity index (χ4v) is 3.37. The minimum atomic E-state index is -4.33. The van der Waals surface area contributed by atoms with Gasteiger partial charge in [0.2, 0.25) is 0 Å². The van der Waals surface area contributed by atoms with Crippen LogP contribution in [0.15, 0.2) is 6.20 Å². The molecule has 0 amide bonds. The van der Waals surface area contributed by atoms with Crippen LogP contribution in [0.25, 0.3) is 0 Å². The summed E-state index contributed by atoms with van der Waals surface area (Å²) in [7, 11) is 0. The number of piperidine rings is 1. The second kappa shape index (κ2) is 6.87. The van der Waals surface area contributed by atoms with E-state index in [1.165, 1.54) is 6.20 Å². The normalized spacial score (nSPS) is 17.9. The third-order valence-corrected chi connectivity index (χ3v) is 4.52. The first kappa shape index (κ1) is 15.7. The Balaban J connectivity index is 2.01. The maximum absolute atomic E-state index is 12.6. The number of thiazole rings is 1. The zero-order chi connectivity index (χ0) is 14.6. The van der Waals surface area contributed by atoms with Crippen LogP contribution >= 0.6 is 11.3 Å². The molecule has 1 saturated heterocycles. The van der Waals surface area contributed by atoms with Crippen LogP contribution in [-0.2, 0) is 12.7 Å². The fourth-order valence-electron chi connectivity index (χ4n) is 2.56. The van der Waals surface area contributed by atoms with Crippen LogP contribution in [0.5, 0.6) is 0 Å². The molecule has 0 bridgehead atoms. The van der Waals surface area contributed by atoms with E-state index < -0.39 is 11.2 Å². The second-order valence-electron chi connectivity index (χ2n) is 5.08. The molecule has 1 aromatic rings. The molecular formula is C13H20F3N3S. The van der Waals surface area contributed by atoms with Crippen molar-refractivity contribution < 1.29 is 13.2 Å². The van der Waals surface area contributed by atoms with Crippen LogP contribution in [-0.4, -0.2) is 35.6 Å². The highest BCUT2D eigenvalue weighted by Gasteiger charge is 2.34. The number of alkyl halides is 3. The van der Waals surface area contributed by atoms with E-state index in [9.17, 15) is 13.2 Å². The van der Waals surface area contributed by atoms with Crippen LogP contribution in [0.1, 0.15) is 36.1 Å². The van der Waals surface area contributed by atoms with Crippen LogP contribution < -0.4 is 5.32 Å². The molecule has 0 spiro atoms. The second-order valence-corrected chi connectivity index (χ2v) is 6.20. The van der Waals surface area contributed by atoms with Gasteiger partial charge >= 0.3 is 6.18 Å². The molecule has 3 nitrogen and oxygen atoms in total. The van der Waals surface area contributed by atoms with Gasteiger partial charge in [-0.2, -0.15) is 13.2 Å². The molecule has 0 radical (unpaired) electrons. The number of hydrogen-bond acceptors (Lipinski definition) is 4. The predicted molar refractivity (Wildman–Crippen MR) is 73.7 cm³/mol. The number of halogens is 3. The standard InChI is InChI=1S/C13H20F3N3S/c1-2-7-19(10-3-5-17-6-4-10)9-11-8-18-12(20-11)13(14,15)16/h8,10,17H,2-7,9H2,1H3. The Bertz CT molecular complexity index is 413. The summed E-state index contributed by atoms with van der Waals surface area (Å²) in [5.74, 6) is 0. The van der Waals surface area contributed by atoms with E-state index in [0.717, 1.165) is 50.2 Å². The maximum Gasteiger partial charge on any atom is 0.443 e. The van der Waals surface area contributed by atoms with Crippen LogP contribution in [0.3, 0.4) is 0 Å². The molecule has 0 aliphatic carbocycles. The van der Waals surface area contributed by atoms with E-state index >= 15 is 0 Å². The third-order valence-electron chi connectivity index (χ3n) is 3.49. The Hall–Kier alpha value is -0.660. The van der Waals surface area contributed by atoms with E-state index in [-0.39, 0.29) is 0 Å². The molecule has 20 heavy (non-hydrogen) atoms. The highest BCUT2D eigenvalue weighted by Crippen LogP contribution is 2.33. The highest BCUT2D eigenvalue weighted by molar-refractivity contribution is 7.11. The van der Waals surface area contributed by atoms with Gasteiger partial charge in [-0.3, -0.25) is 4.90 Å². The molecular weight excluding hydrogens is 287 g/mol. The first-order valence-corrected chi connectivity index (χ1v) is 7.79. The molecule has 0 saturated carbocycles. The Morgan fingerprint density at radius 2 is 2.10 bits per heavy atom.